The average Bonchev–Trinajstić information content (AvgIpc) is 3.01. The number of fused-ring (bicyclic) bond motifs is 1. The summed E-state index contributed by atoms with van der Waals surface area (Å²) in [4.78, 5) is 15.3. The monoisotopic (exact) mass is 342 g/mol. The van der Waals surface area contributed by atoms with Crippen LogP contribution in [0.15, 0.2) is 18.2 Å². The van der Waals surface area contributed by atoms with Gasteiger partial charge in [-0.15, -0.1) is 23.7 Å². The second kappa shape index (κ2) is 6.14. The highest BCUT2D eigenvalue weighted by Gasteiger charge is 2.36. The van der Waals surface area contributed by atoms with Crippen LogP contribution < -0.4 is 5.73 Å². The number of hydrogen-bond donors (Lipinski definition) is 1. The van der Waals surface area contributed by atoms with Crippen molar-refractivity contribution in [2.24, 2.45) is 11.1 Å². The highest BCUT2D eigenvalue weighted by molar-refractivity contribution is 7.21. The maximum Gasteiger partial charge on any atom is 0.264 e. The van der Waals surface area contributed by atoms with Crippen molar-refractivity contribution < 1.29 is 9.18 Å². The SMILES string of the molecule is Cc1c(C(=O)N2CCC(C)(CN)C2)sc2ccc(F)cc12.Cl. The first-order valence-corrected chi connectivity index (χ1v) is 7.93. The molecular formula is C16H20ClFN2OS. The number of nitrogens with zero attached hydrogens (tertiary/aromatic N) is 1. The fraction of sp³-hybridized carbons (Fsp3) is 0.438. The third kappa shape index (κ3) is 2.85. The van der Waals surface area contributed by atoms with E-state index in [0.717, 1.165) is 33.5 Å². The van der Waals surface area contributed by atoms with Crippen molar-refractivity contribution in [1.82, 2.24) is 4.90 Å². The van der Waals surface area contributed by atoms with Crippen LogP contribution in [0, 0.1) is 18.2 Å². The summed E-state index contributed by atoms with van der Waals surface area (Å²) >= 11 is 1.45. The topological polar surface area (TPSA) is 46.3 Å². The van der Waals surface area contributed by atoms with Crippen LogP contribution in [-0.2, 0) is 0 Å². The van der Waals surface area contributed by atoms with Gasteiger partial charge in [0, 0.05) is 17.8 Å². The third-order valence-electron chi connectivity index (χ3n) is 4.43. The Hall–Kier alpha value is -1.17. The lowest BCUT2D eigenvalue weighted by molar-refractivity contribution is 0.0781. The normalized spacial score (nSPS) is 21.2. The molecule has 120 valence electrons. The van der Waals surface area contributed by atoms with Crippen molar-refractivity contribution in [2.75, 3.05) is 19.6 Å². The number of rotatable bonds is 2. The maximum atomic E-state index is 13.4. The second-order valence-corrected chi connectivity index (χ2v) is 7.24. The molecule has 1 unspecified atom stereocenters. The molecule has 0 bridgehead atoms. The summed E-state index contributed by atoms with van der Waals surface area (Å²) in [6.45, 7) is 6.05. The molecule has 0 aliphatic carbocycles. The molecule has 2 N–H and O–H groups in total. The first-order chi connectivity index (χ1) is 9.93. The largest absolute Gasteiger partial charge is 0.337 e. The fourth-order valence-corrected chi connectivity index (χ4v) is 4.06. The van der Waals surface area contributed by atoms with E-state index in [1.54, 1.807) is 6.07 Å². The predicted octanol–water partition coefficient (Wildman–Crippen LogP) is 3.58. The molecule has 0 radical (unpaired) electrons. The van der Waals surface area contributed by atoms with Crippen molar-refractivity contribution in [1.29, 1.82) is 0 Å². The predicted molar refractivity (Wildman–Crippen MR) is 91.4 cm³/mol. The Morgan fingerprint density at radius 1 is 1.50 bits per heavy atom. The molecule has 1 aromatic heterocycles. The van der Waals surface area contributed by atoms with E-state index in [0.29, 0.717) is 13.1 Å². The molecule has 0 spiro atoms. The van der Waals surface area contributed by atoms with Crippen molar-refractivity contribution in [3.63, 3.8) is 0 Å². The Balaban J connectivity index is 0.00000176. The Morgan fingerprint density at radius 2 is 2.23 bits per heavy atom. The van der Waals surface area contributed by atoms with Crippen molar-refractivity contribution >= 4 is 39.7 Å². The number of likely N-dealkylation sites (tertiary alicyclic amines) is 1. The minimum atomic E-state index is -0.265. The number of carbonyl (C=O) groups is 1. The molecule has 3 nitrogen and oxygen atoms in total. The number of amides is 1. The molecule has 1 aromatic carbocycles. The molecule has 1 aliphatic heterocycles. The summed E-state index contributed by atoms with van der Waals surface area (Å²) in [5, 5.41) is 0.837. The summed E-state index contributed by atoms with van der Waals surface area (Å²) in [6.07, 6.45) is 0.938. The lowest BCUT2D eigenvalue weighted by atomic mass is 9.90. The lowest BCUT2D eigenvalue weighted by Crippen LogP contribution is -2.34. The number of thiophene rings is 1. The van der Waals surface area contributed by atoms with Gasteiger partial charge in [0.25, 0.3) is 5.91 Å². The van der Waals surface area contributed by atoms with E-state index in [-0.39, 0.29) is 29.5 Å². The number of nitrogens with two attached hydrogens (primary N) is 1. The fourth-order valence-electron chi connectivity index (χ4n) is 2.90. The number of benzene rings is 1. The minimum Gasteiger partial charge on any atom is -0.337 e. The van der Waals surface area contributed by atoms with Gasteiger partial charge >= 0.3 is 0 Å². The number of halogens is 2. The van der Waals surface area contributed by atoms with Crippen molar-refractivity contribution in [3.05, 3.63) is 34.5 Å². The highest BCUT2D eigenvalue weighted by atomic mass is 35.5. The molecule has 1 saturated heterocycles. The van der Waals surface area contributed by atoms with Crippen LogP contribution in [0.4, 0.5) is 4.39 Å². The summed E-state index contributed by atoms with van der Waals surface area (Å²) in [6, 6.07) is 4.69. The van der Waals surface area contributed by atoms with E-state index < -0.39 is 0 Å². The lowest BCUT2D eigenvalue weighted by Gasteiger charge is -2.22. The number of carbonyl (C=O) groups excluding carboxylic acids is 1. The molecule has 1 atom stereocenters. The zero-order valence-electron chi connectivity index (χ0n) is 12.7. The molecule has 2 aromatic rings. The maximum absolute atomic E-state index is 13.4. The Labute approximate surface area is 139 Å². The number of hydrogen-bond acceptors (Lipinski definition) is 3. The molecule has 1 fully saturated rings. The van der Waals surface area contributed by atoms with Crippen LogP contribution in [0.2, 0.25) is 0 Å². The third-order valence-corrected chi connectivity index (χ3v) is 5.69. The van der Waals surface area contributed by atoms with E-state index in [9.17, 15) is 9.18 Å². The molecule has 0 saturated carbocycles. The quantitative estimate of drug-likeness (QED) is 0.906. The first-order valence-electron chi connectivity index (χ1n) is 7.11. The van der Waals surface area contributed by atoms with Gasteiger partial charge in [-0.2, -0.15) is 0 Å². The van der Waals surface area contributed by atoms with Gasteiger partial charge in [0.15, 0.2) is 0 Å². The van der Waals surface area contributed by atoms with E-state index in [2.05, 4.69) is 6.92 Å². The van der Waals surface area contributed by atoms with Gasteiger partial charge in [-0.05, 0) is 54.5 Å². The summed E-state index contributed by atoms with van der Waals surface area (Å²) in [7, 11) is 0. The van der Waals surface area contributed by atoms with E-state index in [1.807, 2.05) is 11.8 Å². The standard InChI is InChI=1S/C16H19FN2OS.ClH/c1-10-12-7-11(17)3-4-13(12)21-14(10)15(20)19-6-5-16(2,8-18)9-19;/h3-4,7H,5-6,8-9,18H2,1-2H3;1H. The highest BCUT2D eigenvalue weighted by Crippen LogP contribution is 2.35. The molecule has 22 heavy (non-hydrogen) atoms. The molecule has 2 heterocycles. The van der Waals surface area contributed by atoms with Crippen molar-refractivity contribution in [2.45, 2.75) is 20.3 Å². The smallest absolute Gasteiger partial charge is 0.264 e. The summed E-state index contributed by atoms with van der Waals surface area (Å²) in [5.41, 5.74) is 6.70. The zero-order chi connectivity index (χ0) is 15.2. The Bertz CT molecular complexity index is 717. The van der Waals surface area contributed by atoms with Crippen LogP contribution in [0.5, 0.6) is 0 Å². The van der Waals surface area contributed by atoms with Gasteiger partial charge < -0.3 is 10.6 Å². The van der Waals surface area contributed by atoms with Gasteiger partial charge in [-0.1, -0.05) is 6.92 Å². The Morgan fingerprint density at radius 3 is 2.86 bits per heavy atom. The van der Waals surface area contributed by atoms with E-state index in [1.165, 1.54) is 23.5 Å². The van der Waals surface area contributed by atoms with Gasteiger partial charge in [0.05, 0.1) is 4.88 Å². The van der Waals surface area contributed by atoms with Crippen LogP contribution in [0.3, 0.4) is 0 Å². The van der Waals surface area contributed by atoms with Crippen LogP contribution in [-0.4, -0.2) is 30.4 Å². The molecule has 3 rings (SSSR count). The molecule has 6 heteroatoms. The molecule has 1 amide bonds. The minimum absolute atomic E-state index is 0. The first kappa shape index (κ1) is 17.2. The average molecular weight is 343 g/mol. The molecule has 1 aliphatic rings. The van der Waals surface area contributed by atoms with Gasteiger partial charge in [-0.3, -0.25) is 4.79 Å². The summed E-state index contributed by atoms with van der Waals surface area (Å²) < 4.78 is 14.3. The zero-order valence-corrected chi connectivity index (χ0v) is 14.3. The number of aryl methyl sites for hydroxylation is 1. The van der Waals surface area contributed by atoms with Crippen molar-refractivity contribution in [3.8, 4) is 0 Å². The summed E-state index contributed by atoms with van der Waals surface area (Å²) in [5.74, 6) is -0.217. The van der Waals surface area contributed by atoms with Gasteiger partial charge in [0.2, 0.25) is 0 Å². The second-order valence-electron chi connectivity index (χ2n) is 6.19. The Kier molecular flexibility index (Phi) is 4.80. The van der Waals surface area contributed by atoms with Crippen LogP contribution in [0.25, 0.3) is 10.1 Å². The van der Waals surface area contributed by atoms with E-state index in [4.69, 9.17) is 5.73 Å². The van der Waals surface area contributed by atoms with Gasteiger partial charge in [-0.25, -0.2) is 4.39 Å². The van der Waals surface area contributed by atoms with Crippen LogP contribution in [0.1, 0.15) is 28.6 Å². The van der Waals surface area contributed by atoms with E-state index >= 15 is 0 Å². The van der Waals surface area contributed by atoms with Gasteiger partial charge in [0.1, 0.15) is 5.82 Å². The van der Waals surface area contributed by atoms with Crippen LogP contribution >= 0.6 is 23.7 Å². The molecular weight excluding hydrogens is 323 g/mol.